The van der Waals surface area contributed by atoms with E-state index >= 15 is 0 Å². The van der Waals surface area contributed by atoms with Gasteiger partial charge in [-0.1, -0.05) is 25.0 Å². The fourth-order valence-corrected chi connectivity index (χ4v) is 4.68. The van der Waals surface area contributed by atoms with Gasteiger partial charge in [0.15, 0.2) is 0 Å². The Kier molecular flexibility index (Phi) is 2.59. The number of fused-ring (bicyclic) bond motifs is 2. The summed E-state index contributed by atoms with van der Waals surface area (Å²) in [7, 11) is 0. The topological polar surface area (TPSA) is 0 Å². The van der Waals surface area contributed by atoms with Crippen LogP contribution in [0.4, 0.5) is 0 Å². The van der Waals surface area contributed by atoms with Crippen molar-refractivity contribution < 1.29 is 0 Å². The molecule has 2 fully saturated rings. The molecule has 0 heterocycles. The smallest absolute Gasteiger partial charge is 0.0521 e. The average Bonchev–Trinajstić information content (AvgIpc) is 2.76. The minimum atomic E-state index is 0.322. The normalized spacial score (nSPS) is 49.5. The van der Waals surface area contributed by atoms with Crippen molar-refractivity contribution >= 4 is 11.6 Å². The van der Waals surface area contributed by atoms with E-state index in [4.69, 9.17) is 11.6 Å². The number of halogens is 1. The highest BCUT2D eigenvalue weighted by molar-refractivity contribution is 6.21. The Hall–Kier alpha value is 0.0300. The number of rotatable bonds is 1. The second-order valence-corrected chi connectivity index (χ2v) is 6.64. The summed E-state index contributed by atoms with van der Waals surface area (Å²) in [6.07, 6.45) is 10.9. The van der Waals surface area contributed by atoms with E-state index in [1.54, 1.807) is 5.57 Å². The first-order valence-corrected chi connectivity index (χ1v) is 7.00. The summed E-state index contributed by atoms with van der Waals surface area (Å²) in [4.78, 5) is 0. The Morgan fingerprint density at radius 2 is 2.07 bits per heavy atom. The van der Waals surface area contributed by atoms with Crippen molar-refractivity contribution in [3.05, 3.63) is 11.6 Å². The minimum absolute atomic E-state index is 0.322. The van der Waals surface area contributed by atoms with Crippen LogP contribution in [0, 0.1) is 23.7 Å². The molecule has 2 bridgehead atoms. The summed E-state index contributed by atoms with van der Waals surface area (Å²) in [5.74, 6) is 3.82. The Labute approximate surface area is 98.1 Å². The Morgan fingerprint density at radius 3 is 2.67 bits per heavy atom. The van der Waals surface area contributed by atoms with Gasteiger partial charge in [0.1, 0.15) is 0 Å². The van der Waals surface area contributed by atoms with E-state index < -0.39 is 0 Å². The summed E-state index contributed by atoms with van der Waals surface area (Å²) in [5, 5.41) is 0.322. The average molecular weight is 225 g/mol. The van der Waals surface area contributed by atoms with Gasteiger partial charge >= 0.3 is 0 Å². The van der Waals surface area contributed by atoms with Gasteiger partial charge < -0.3 is 0 Å². The van der Waals surface area contributed by atoms with Gasteiger partial charge in [-0.3, -0.25) is 0 Å². The van der Waals surface area contributed by atoms with Gasteiger partial charge in [-0.15, -0.1) is 11.6 Å². The fraction of sp³-hybridized carbons (Fsp3) is 0.857. The van der Waals surface area contributed by atoms with Crippen LogP contribution in [0.3, 0.4) is 0 Å². The van der Waals surface area contributed by atoms with Crippen LogP contribution >= 0.6 is 11.6 Å². The quantitative estimate of drug-likeness (QED) is 0.458. The van der Waals surface area contributed by atoms with Crippen molar-refractivity contribution in [2.24, 2.45) is 23.7 Å². The molecule has 84 valence electrons. The maximum absolute atomic E-state index is 6.31. The molecule has 0 nitrogen and oxygen atoms in total. The lowest BCUT2D eigenvalue weighted by Gasteiger charge is -2.31. The highest BCUT2D eigenvalue weighted by Gasteiger charge is 2.41. The fourth-order valence-electron chi connectivity index (χ4n) is 4.21. The molecule has 3 aliphatic rings. The molecular weight excluding hydrogens is 204 g/mol. The van der Waals surface area contributed by atoms with Crippen molar-refractivity contribution in [2.75, 3.05) is 0 Å². The van der Waals surface area contributed by atoms with E-state index in [1.165, 1.54) is 38.5 Å². The van der Waals surface area contributed by atoms with Crippen LogP contribution in [-0.2, 0) is 0 Å². The van der Waals surface area contributed by atoms with Crippen LogP contribution in [0.5, 0.6) is 0 Å². The molecule has 3 aliphatic carbocycles. The van der Waals surface area contributed by atoms with E-state index in [0.717, 1.165) is 23.7 Å². The van der Waals surface area contributed by atoms with E-state index in [1.807, 2.05) is 0 Å². The summed E-state index contributed by atoms with van der Waals surface area (Å²) >= 11 is 6.31. The largest absolute Gasteiger partial charge is 0.118 e. The maximum Gasteiger partial charge on any atom is 0.0521 e. The molecule has 0 aromatic rings. The molecular formula is C14H21Cl. The van der Waals surface area contributed by atoms with Crippen molar-refractivity contribution in [2.45, 2.75) is 50.8 Å². The molecule has 5 atom stereocenters. The summed E-state index contributed by atoms with van der Waals surface area (Å²) in [5.41, 5.74) is 1.72. The molecule has 0 radical (unpaired) electrons. The molecule has 0 amide bonds. The molecule has 5 unspecified atom stereocenters. The first kappa shape index (κ1) is 10.2. The van der Waals surface area contributed by atoms with Gasteiger partial charge in [-0.05, 0) is 55.8 Å². The first-order valence-electron chi connectivity index (χ1n) is 6.57. The predicted molar refractivity (Wildman–Crippen MR) is 65.1 cm³/mol. The molecule has 15 heavy (non-hydrogen) atoms. The summed E-state index contributed by atoms with van der Waals surface area (Å²) in [6, 6.07) is 0. The van der Waals surface area contributed by atoms with Crippen molar-refractivity contribution in [3.8, 4) is 0 Å². The van der Waals surface area contributed by atoms with Gasteiger partial charge in [0, 0.05) is 0 Å². The molecule has 0 spiro atoms. The number of hydrogen-bond donors (Lipinski definition) is 0. The first-order chi connectivity index (χ1) is 7.22. The van der Waals surface area contributed by atoms with Crippen molar-refractivity contribution in [1.29, 1.82) is 0 Å². The zero-order valence-corrected chi connectivity index (χ0v) is 10.3. The van der Waals surface area contributed by atoms with Crippen molar-refractivity contribution in [3.63, 3.8) is 0 Å². The highest BCUT2D eigenvalue weighted by atomic mass is 35.5. The monoisotopic (exact) mass is 224 g/mol. The van der Waals surface area contributed by atoms with Gasteiger partial charge in [-0.25, -0.2) is 0 Å². The molecule has 0 saturated heterocycles. The Bertz CT molecular complexity index is 281. The lowest BCUT2D eigenvalue weighted by molar-refractivity contribution is 0.348. The standard InChI is InChI=1S/C14H21Cl/c1-9-4-12(8-13(15)5-9)14-7-10-2-3-11(14)6-10/h8-11,13-14H,2-7H2,1H3. The van der Waals surface area contributed by atoms with E-state index in [9.17, 15) is 0 Å². The third-order valence-electron chi connectivity index (χ3n) is 4.82. The van der Waals surface area contributed by atoms with E-state index in [2.05, 4.69) is 13.0 Å². The molecule has 2 saturated carbocycles. The van der Waals surface area contributed by atoms with Crippen LogP contribution in [0.25, 0.3) is 0 Å². The Morgan fingerprint density at radius 1 is 1.20 bits per heavy atom. The number of hydrogen-bond acceptors (Lipinski definition) is 0. The second kappa shape index (κ2) is 3.80. The predicted octanol–water partition coefficient (Wildman–Crippen LogP) is 4.39. The Balaban J connectivity index is 1.76. The van der Waals surface area contributed by atoms with Gasteiger partial charge in [0.25, 0.3) is 0 Å². The van der Waals surface area contributed by atoms with Crippen LogP contribution in [0.2, 0.25) is 0 Å². The van der Waals surface area contributed by atoms with Crippen LogP contribution in [0.15, 0.2) is 11.6 Å². The highest BCUT2D eigenvalue weighted by Crippen LogP contribution is 2.52. The van der Waals surface area contributed by atoms with Crippen LogP contribution < -0.4 is 0 Å². The maximum atomic E-state index is 6.31. The van der Waals surface area contributed by atoms with Crippen molar-refractivity contribution in [1.82, 2.24) is 0 Å². The minimum Gasteiger partial charge on any atom is -0.118 e. The number of alkyl halides is 1. The zero-order chi connectivity index (χ0) is 10.4. The summed E-state index contributed by atoms with van der Waals surface area (Å²) < 4.78 is 0. The van der Waals surface area contributed by atoms with Gasteiger partial charge in [0.05, 0.1) is 5.38 Å². The second-order valence-electron chi connectivity index (χ2n) is 6.08. The van der Waals surface area contributed by atoms with E-state index in [-0.39, 0.29) is 0 Å². The van der Waals surface area contributed by atoms with Crippen LogP contribution in [0.1, 0.15) is 45.4 Å². The SMILES string of the molecule is CC1CC(C2CC3CCC2C3)=CC(Cl)C1. The molecule has 0 N–H and O–H groups in total. The lowest BCUT2D eigenvalue weighted by atomic mass is 9.76. The third-order valence-corrected chi connectivity index (χ3v) is 5.13. The lowest BCUT2D eigenvalue weighted by Crippen LogP contribution is -2.20. The van der Waals surface area contributed by atoms with Gasteiger partial charge in [0.2, 0.25) is 0 Å². The number of allylic oxidation sites excluding steroid dienone is 2. The van der Waals surface area contributed by atoms with Gasteiger partial charge in [-0.2, -0.15) is 0 Å². The molecule has 0 aromatic carbocycles. The van der Waals surface area contributed by atoms with Crippen LogP contribution in [-0.4, -0.2) is 5.38 Å². The molecule has 0 aliphatic heterocycles. The molecule has 1 heteroatoms. The third kappa shape index (κ3) is 1.86. The summed E-state index contributed by atoms with van der Waals surface area (Å²) in [6.45, 7) is 2.36. The van der Waals surface area contributed by atoms with E-state index in [0.29, 0.717) is 5.38 Å². The molecule has 0 aromatic heterocycles. The molecule has 3 rings (SSSR count). The zero-order valence-electron chi connectivity index (χ0n) is 9.58.